The number of carbonyl (C=O) groups excluding carboxylic acids is 2. The molecule has 0 bridgehead atoms. The first-order valence-electron chi connectivity index (χ1n) is 9.33. The quantitative estimate of drug-likeness (QED) is 0.856. The van der Waals surface area contributed by atoms with Crippen LogP contribution in [0.1, 0.15) is 23.2 Å². The van der Waals surface area contributed by atoms with Gasteiger partial charge in [-0.15, -0.1) is 0 Å². The fourth-order valence-corrected chi connectivity index (χ4v) is 3.39. The van der Waals surface area contributed by atoms with Crippen LogP contribution in [0.2, 0.25) is 0 Å². The summed E-state index contributed by atoms with van der Waals surface area (Å²) < 4.78 is 16.9. The van der Waals surface area contributed by atoms with E-state index in [9.17, 15) is 9.59 Å². The zero-order valence-corrected chi connectivity index (χ0v) is 15.4. The van der Waals surface area contributed by atoms with Crippen LogP contribution in [0.15, 0.2) is 48.5 Å². The van der Waals surface area contributed by atoms with Crippen LogP contribution in [-0.4, -0.2) is 43.8 Å². The molecule has 0 saturated carbocycles. The highest BCUT2D eigenvalue weighted by molar-refractivity contribution is 6.07. The number of ether oxygens (including phenoxy) is 3. The predicted octanol–water partition coefficient (Wildman–Crippen LogP) is 2.14. The highest BCUT2D eigenvalue weighted by Gasteiger charge is 2.33. The third-order valence-corrected chi connectivity index (χ3v) is 4.90. The van der Waals surface area contributed by atoms with E-state index in [2.05, 4.69) is 0 Å². The molecule has 0 aliphatic carbocycles. The van der Waals surface area contributed by atoms with Crippen LogP contribution >= 0.6 is 0 Å². The molecule has 2 atom stereocenters. The number of benzene rings is 2. The van der Waals surface area contributed by atoms with E-state index >= 15 is 0 Å². The number of para-hydroxylation sites is 2. The molecule has 1 fully saturated rings. The van der Waals surface area contributed by atoms with Gasteiger partial charge in [-0.05, 0) is 49.2 Å². The van der Waals surface area contributed by atoms with E-state index in [0.717, 1.165) is 19.4 Å². The first kappa shape index (κ1) is 18.3. The van der Waals surface area contributed by atoms with E-state index in [1.54, 1.807) is 42.5 Å². The van der Waals surface area contributed by atoms with Gasteiger partial charge in [0.2, 0.25) is 0 Å². The molecule has 2 amide bonds. The van der Waals surface area contributed by atoms with Crippen LogP contribution in [0.3, 0.4) is 0 Å². The van der Waals surface area contributed by atoms with Gasteiger partial charge in [0.15, 0.2) is 6.10 Å². The van der Waals surface area contributed by atoms with Gasteiger partial charge in [-0.2, -0.15) is 0 Å². The van der Waals surface area contributed by atoms with Gasteiger partial charge in [0.1, 0.15) is 18.1 Å². The van der Waals surface area contributed by atoms with Gasteiger partial charge in [0, 0.05) is 12.2 Å². The number of carbonyl (C=O) groups is 2. The summed E-state index contributed by atoms with van der Waals surface area (Å²) >= 11 is 0. The fraction of sp³-hybridized carbons (Fsp3) is 0.333. The lowest BCUT2D eigenvalue weighted by Gasteiger charge is -2.33. The van der Waals surface area contributed by atoms with E-state index in [1.807, 2.05) is 6.07 Å². The van der Waals surface area contributed by atoms with Crippen LogP contribution < -0.4 is 20.1 Å². The molecule has 0 spiro atoms. The molecule has 0 radical (unpaired) electrons. The van der Waals surface area contributed by atoms with E-state index < -0.39 is 12.0 Å². The minimum absolute atomic E-state index is 0.0719. The van der Waals surface area contributed by atoms with Gasteiger partial charge in [-0.25, -0.2) is 0 Å². The average Bonchev–Trinajstić information content (AvgIpc) is 3.25. The Morgan fingerprint density at radius 2 is 1.93 bits per heavy atom. The second-order valence-corrected chi connectivity index (χ2v) is 6.86. The van der Waals surface area contributed by atoms with Crippen LogP contribution in [-0.2, 0) is 9.53 Å². The Balaban J connectivity index is 1.49. The smallest absolute Gasteiger partial charge is 0.260 e. The summed E-state index contributed by atoms with van der Waals surface area (Å²) in [7, 11) is 0. The minimum Gasteiger partial charge on any atom is -0.491 e. The number of hydrogen-bond donors (Lipinski definition) is 1. The number of nitrogens with zero attached hydrogens (tertiary/aromatic N) is 1. The number of primary amides is 1. The maximum absolute atomic E-state index is 13.1. The van der Waals surface area contributed by atoms with Crippen molar-refractivity contribution in [2.24, 2.45) is 5.73 Å². The summed E-state index contributed by atoms with van der Waals surface area (Å²) in [6, 6.07) is 14.0. The zero-order chi connectivity index (χ0) is 19.5. The van der Waals surface area contributed by atoms with Crippen molar-refractivity contribution in [3.05, 3.63) is 54.1 Å². The number of amides is 2. The summed E-state index contributed by atoms with van der Waals surface area (Å²) in [6.45, 7) is 1.36. The second-order valence-electron chi connectivity index (χ2n) is 6.86. The molecule has 7 heteroatoms. The molecule has 2 aromatic rings. The molecule has 2 N–H and O–H groups in total. The Labute approximate surface area is 163 Å². The van der Waals surface area contributed by atoms with Crippen molar-refractivity contribution in [1.82, 2.24) is 0 Å². The van der Waals surface area contributed by atoms with Crippen molar-refractivity contribution in [2.45, 2.75) is 25.0 Å². The van der Waals surface area contributed by atoms with E-state index in [1.165, 1.54) is 4.90 Å². The van der Waals surface area contributed by atoms with Crippen molar-refractivity contribution >= 4 is 17.5 Å². The van der Waals surface area contributed by atoms with E-state index in [-0.39, 0.29) is 18.6 Å². The maximum atomic E-state index is 13.1. The van der Waals surface area contributed by atoms with Gasteiger partial charge in [0.25, 0.3) is 11.8 Å². The fourth-order valence-electron chi connectivity index (χ4n) is 3.39. The Morgan fingerprint density at radius 3 is 2.64 bits per heavy atom. The lowest BCUT2D eigenvalue weighted by Crippen LogP contribution is -2.49. The normalized spacial score (nSPS) is 20.9. The molecule has 28 heavy (non-hydrogen) atoms. The van der Waals surface area contributed by atoms with Crippen molar-refractivity contribution in [3.8, 4) is 11.5 Å². The number of hydrogen-bond acceptors (Lipinski definition) is 5. The first-order valence-corrected chi connectivity index (χ1v) is 9.33. The molecule has 0 aromatic heterocycles. The molecule has 2 aromatic carbocycles. The van der Waals surface area contributed by atoms with E-state index in [0.29, 0.717) is 29.4 Å². The Hall–Kier alpha value is -3.06. The predicted molar refractivity (Wildman–Crippen MR) is 103 cm³/mol. The van der Waals surface area contributed by atoms with Crippen LogP contribution in [0.5, 0.6) is 11.5 Å². The highest BCUT2D eigenvalue weighted by Crippen LogP contribution is 2.34. The molecule has 7 nitrogen and oxygen atoms in total. The van der Waals surface area contributed by atoms with Crippen LogP contribution in [0, 0.1) is 0 Å². The molecular formula is C21H22N2O5. The van der Waals surface area contributed by atoms with Gasteiger partial charge >= 0.3 is 0 Å². The molecule has 0 unspecified atom stereocenters. The number of fused-ring (bicyclic) bond motifs is 1. The van der Waals surface area contributed by atoms with Gasteiger partial charge in [-0.3, -0.25) is 9.59 Å². The second kappa shape index (κ2) is 7.90. The third kappa shape index (κ3) is 3.80. The summed E-state index contributed by atoms with van der Waals surface area (Å²) in [4.78, 5) is 26.2. The number of nitrogens with two attached hydrogens (primary N) is 1. The van der Waals surface area contributed by atoms with Gasteiger partial charge in [0.05, 0.1) is 18.3 Å². The minimum atomic E-state index is -0.882. The van der Waals surface area contributed by atoms with Crippen LogP contribution in [0.25, 0.3) is 0 Å². The monoisotopic (exact) mass is 382 g/mol. The molecular weight excluding hydrogens is 360 g/mol. The van der Waals surface area contributed by atoms with E-state index in [4.69, 9.17) is 19.9 Å². The standard InChI is InChI=1S/C21H22N2O5/c22-20(24)19-12-23(17-5-1-2-6-18(17)28-19)21(25)14-7-9-15(10-8-14)27-13-16-4-3-11-26-16/h1-2,5-10,16,19H,3-4,11-13H2,(H2,22,24)/t16-,19-/m0/s1. The van der Waals surface area contributed by atoms with Gasteiger partial charge < -0.3 is 24.8 Å². The summed E-state index contributed by atoms with van der Waals surface area (Å²) in [5.74, 6) is 0.310. The molecule has 2 heterocycles. The average molecular weight is 382 g/mol. The first-order chi connectivity index (χ1) is 13.6. The SMILES string of the molecule is NC(=O)[C@@H]1CN(C(=O)c2ccc(OC[C@@H]3CCCO3)cc2)c2ccccc2O1. The summed E-state index contributed by atoms with van der Waals surface area (Å²) in [5.41, 5.74) is 6.51. The van der Waals surface area contributed by atoms with Crippen molar-refractivity contribution in [3.63, 3.8) is 0 Å². The molecule has 2 aliphatic heterocycles. The molecule has 146 valence electrons. The largest absolute Gasteiger partial charge is 0.491 e. The third-order valence-electron chi connectivity index (χ3n) is 4.90. The number of rotatable bonds is 5. The lowest BCUT2D eigenvalue weighted by molar-refractivity contribution is -0.124. The summed E-state index contributed by atoms with van der Waals surface area (Å²) in [6.07, 6.45) is 1.33. The Bertz CT molecular complexity index is 861. The Morgan fingerprint density at radius 1 is 1.14 bits per heavy atom. The molecule has 1 saturated heterocycles. The lowest BCUT2D eigenvalue weighted by atomic mass is 10.1. The number of anilines is 1. The van der Waals surface area contributed by atoms with Crippen molar-refractivity contribution in [1.29, 1.82) is 0 Å². The van der Waals surface area contributed by atoms with Gasteiger partial charge in [-0.1, -0.05) is 12.1 Å². The zero-order valence-electron chi connectivity index (χ0n) is 15.4. The van der Waals surface area contributed by atoms with Crippen LogP contribution in [0.4, 0.5) is 5.69 Å². The maximum Gasteiger partial charge on any atom is 0.260 e. The summed E-state index contributed by atoms with van der Waals surface area (Å²) in [5, 5.41) is 0. The Kier molecular flexibility index (Phi) is 5.16. The topological polar surface area (TPSA) is 91.1 Å². The molecule has 2 aliphatic rings. The highest BCUT2D eigenvalue weighted by atomic mass is 16.5. The van der Waals surface area contributed by atoms with Crippen molar-refractivity contribution < 1.29 is 23.8 Å². The van der Waals surface area contributed by atoms with Crippen molar-refractivity contribution in [2.75, 3.05) is 24.7 Å². The molecule has 4 rings (SSSR count).